The van der Waals surface area contributed by atoms with Crippen molar-refractivity contribution in [1.29, 1.82) is 0 Å². The molecule has 0 aliphatic carbocycles. The summed E-state index contributed by atoms with van der Waals surface area (Å²) in [5.74, 6) is 0. The number of unbranched alkanes of at least 4 members (excludes halogenated alkanes) is 5. The molecule has 0 unspecified atom stereocenters. The van der Waals surface area contributed by atoms with Gasteiger partial charge in [-0.15, -0.1) is 0 Å². The Hall–Kier alpha value is -0.340. The standard InChI is InChI=1S/C12H24O2/c1-4-5-6-7-8-9-10-11-12(13-2)14-3/h10-12H,4-9H2,1-3H3. The molecule has 0 N–H and O–H groups in total. The van der Waals surface area contributed by atoms with Crippen LogP contribution in [0.3, 0.4) is 0 Å². The van der Waals surface area contributed by atoms with E-state index >= 15 is 0 Å². The lowest BCUT2D eigenvalue weighted by molar-refractivity contribution is -0.0667. The summed E-state index contributed by atoms with van der Waals surface area (Å²) in [6, 6.07) is 0. The number of ether oxygens (including phenoxy) is 2. The normalized spacial score (nSPS) is 11.7. The van der Waals surface area contributed by atoms with Gasteiger partial charge in [0, 0.05) is 14.2 Å². The van der Waals surface area contributed by atoms with Crippen LogP contribution < -0.4 is 0 Å². The van der Waals surface area contributed by atoms with Gasteiger partial charge in [0.2, 0.25) is 0 Å². The monoisotopic (exact) mass is 200 g/mol. The maximum Gasteiger partial charge on any atom is 0.176 e. The SMILES string of the molecule is CCCCCCCC=CC(OC)OC. The molecule has 2 nitrogen and oxygen atoms in total. The summed E-state index contributed by atoms with van der Waals surface area (Å²) in [5, 5.41) is 0. The smallest absolute Gasteiger partial charge is 0.176 e. The van der Waals surface area contributed by atoms with Gasteiger partial charge >= 0.3 is 0 Å². The van der Waals surface area contributed by atoms with Crippen molar-refractivity contribution in [2.24, 2.45) is 0 Å². The molecular formula is C12H24O2. The summed E-state index contributed by atoms with van der Waals surface area (Å²) in [6.07, 6.45) is 11.7. The minimum Gasteiger partial charge on any atom is -0.352 e. The average molecular weight is 200 g/mol. The van der Waals surface area contributed by atoms with Gasteiger partial charge in [-0.05, 0) is 18.9 Å². The number of rotatable bonds is 9. The van der Waals surface area contributed by atoms with Crippen LogP contribution in [0.1, 0.15) is 45.4 Å². The Morgan fingerprint density at radius 2 is 1.64 bits per heavy atom. The van der Waals surface area contributed by atoms with Crippen LogP contribution in [0.4, 0.5) is 0 Å². The Balaban J connectivity index is 3.25. The number of hydrogen-bond acceptors (Lipinski definition) is 2. The maximum atomic E-state index is 5.04. The van der Waals surface area contributed by atoms with Crippen molar-refractivity contribution in [3.63, 3.8) is 0 Å². The second-order valence-corrected chi connectivity index (χ2v) is 3.47. The Kier molecular flexibility index (Phi) is 10.5. The lowest BCUT2D eigenvalue weighted by atomic mass is 10.1. The molecule has 0 atom stereocenters. The molecule has 0 aliphatic heterocycles. The summed E-state index contributed by atoms with van der Waals surface area (Å²) in [5.41, 5.74) is 0. The Morgan fingerprint density at radius 1 is 1.00 bits per heavy atom. The highest BCUT2D eigenvalue weighted by molar-refractivity contribution is 4.84. The van der Waals surface area contributed by atoms with E-state index in [0.717, 1.165) is 6.42 Å². The van der Waals surface area contributed by atoms with Gasteiger partial charge in [-0.3, -0.25) is 0 Å². The molecule has 0 radical (unpaired) electrons. The van der Waals surface area contributed by atoms with Crippen molar-refractivity contribution in [2.75, 3.05) is 14.2 Å². The molecule has 0 amide bonds. The zero-order chi connectivity index (χ0) is 10.6. The molecule has 14 heavy (non-hydrogen) atoms. The Morgan fingerprint density at radius 3 is 2.21 bits per heavy atom. The van der Waals surface area contributed by atoms with Gasteiger partial charge in [0.1, 0.15) is 0 Å². The molecule has 0 bridgehead atoms. The largest absolute Gasteiger partial charge is 0.352 e. The molecule has 0 aliphatic rings. The third-order valence-corrected chi connectivity index (χ3v) is 2.23. The Bertz CT molecular complexity index is 128. The zero-order valence-corrected chi connectivity index (χ0v) is 9.79. The summed E-state index contributed by atoms with van der Waals surface area (Å²) < 4.78 is 10.1. The molecular weight excluding hydrogens is 176 g/mol. The van der Waals surface area contributed by atoms with E-state index in [1.807, 2.05) is 6.08 Å². The fourth-order valence-corrected chi connectivity index (χ4v) is 1.33. The first-order chi connectivity index (χ1) is 6.85. The van der Waals surface area contributed by atoms with Gasteiger partial charge in [0.25, 0.3) is 0 Å². The van der Waals surface area contributed by atoms with Crippen molar-refractivity contribution >= 4 is 0 Å². The van der Waals surface area contributed by atoms with Crippen molar-refractivity contribution in [2.45, 2.75) is 51.7 Å². The molecule has 0 spiro atoms. The highest BCUT2D eigenvalue weighted by Gasteiger charge is 1.96. The van der Waals surface area contributed by atoms with Crippen LogP contribution in [0.25, 0.3) is 0 Å². The Labute approximate surface area is 88.3 Å². The van der Waals surface area contributed by atoms with Crippen LogP contribution >= 0.6 is 0 Å². The summed E-state index contributed by atoms with van der Waals surface area (Å²) in [7, 11) is 3.31. The molecule has 0 heterocycles. The van der Waals surface area contributed by atoms with Gasteiger partial charge in [-0.2, -0.15) is 0 Å². The fourth-order valence-electron chi connectivity index (χ4n) is 1.33. The molecule has 0 fully saturated rings. The molecule has 0 saturated carbocycles. The minimum atomic E-state index is -0.175. The topological polar surface area (TPSA) is 18.5 Å². The van der Waals surface area contributed by atoms with E-state index in [1.165, 1.54) is 32.1 Å². The van der Waals surface area contributed by atoms with Crippen LogP contribution in [0.2, 0.25) is 0 Å². The van der Waals surface area contributed by atoms with Crippen LogP contribution in [-0.2, 0) is 9.47 Å². The lowest BCUT2D eigenvalue weighted by Gasteiger charge is -2.06. The molecule has 0 rings (SSSR count). The highest BCUT2D eigenvalue weighted by Crippen LogP contribution is 2.06. The van der Waals surface area contributed by atoms with E-state index in [1.54, 1.807) is 14.2 Å². The van der Waals surface area contributed by atoms with E-state index in [-0.39, 0.29) is 6.29 Å². The van der Waals surface area contributed by atoms with Crippen LogP contribution in [0.15, 0.2) is 12.2 Å². The van der Waals surface area contributed by atoms with Crippen LogP contribution in [0, 0.1) is 0 Å². The highest BCUT2D eigenvalue weighted by atomic mass is 16.7. The van der Waals surface area contributed by atoms with E-state index in [4.69, 9.17) is 9.47 Å². The van der Waals surface area contributed by atoms with Crippen LogP contribution in [0.5, 0.6) is 0 Å². The fraction of sp³-hybridized carbons (Fsp3) is 0.833. The second-order valence-electron chi connectivity index (χ2n) is 3.47. The van der Waals surface area contributed by atoms with Gasteiger partial charge in [-0.1, -0.05) is 38.7 Å². The van der Waals surface area contributed by atoms with E-state index < -0.39 is 0 Å². The first-order valence-electron chi connectivity index (χ1n) is 5.57. The lowest BCUT2D eigenvalue weighted by Crippen LogP contribution is -2.08. The first kappa shape index (κ1) is 13.7. The van der Waals surface area contributed by atoms with Crippen molar-refractivity contribution in [3.05, 3.63) is 12.2 Å². The second kappa shape index (κ2) is 10.7. The van der Waals surface area contributed by atoms with E-state index in [0.29, 0.717) is 0 Å². The molecule has 0 aromatic heterocycles. The van der Waals surface area contributed by atoms with Gasteiger partial charge in [-0.25, -0.2) is 0 Å². The third-order valence-electron chi connectivity index (χ3n) is 2.23. The third kappa shape index (κ3) is 8.27. The van der Waals surface area contributed by atoms with Gasteiger partial charge < -0.3 is 9.47 Å². The molecule has 0 aromatic rings. The maximum absolute atomic E-state index is 5.04. The number of allylic oxidation sites excluding steroid dienone is 1. The molecule has 0 saturated heterocycles. The van der Waals surface area contributed by atoms with Gasteiger partial charge in [0.15, 0.2) is 6.29 Å². The van der Waals surface area contributed by atoms with Crippen molar-refractivity contribution in [1.82, 2.24) is 0 Å². The molecule has 0 aromatic carbocycles. The average Bonchev–Trinajstić information content (AvgIpc) is 2.22. The predicted octanol–water partition coefficient (Wildman–Crippen LogP) is 3.52. The molecule has 84 valence electrons. The van der Waals surface area contributed by atoms with Crippen molar-refractivity contribution in [3.8, 4) is 0 Å². The van der Waals surface area contributed by atoms with E-state index in [9.17, 15) is 0 Å². The first-order valence-corrected chi connectivity index (χ1v) is 5.57. The quantitative estimate of drug-likeness (QED) is 0.322. The minimum absolute atomic E-state index is 0.175. The van der Waals surface area contributed by atoms with E-state index in [2.05, 4.69) is 13.0 Å². The van der Waals surface area contributed by atoms with Crippen LogP contribution in [-0.4, -0.2) is 20.5 Å². The molecule has 2 heteroatoms. The van der Waals surface area contributed by atoms with Gasteiger partial charge in [0.05, 0.1) is 0 Å². The van der Waals surface area contributed by atoms with Crippen molar-refractivity contribution < 1.29 is 9.47 Å². The zero-order valence-electron chi connectivity index (χ0n) is 9.79. The number of hydrogen-bond donors (Lipinski definition) is 0. The summed E-state index contributed by atoms with van der Waals surface area (Å²) in [4.78, 5) is 0. The predicted molar refractivity (Wildman–Crippen MR) is 60.3 cm³/mol. The number of methoxy groups -OCH3 is 2. The summed E-state index contributed by atoms with van der Waals surface area (Å²) >= 11 is 0. The summed E-state index contributed by atoms with van der Waals surface area (Å²) in [6.45, 7) is 2.24.